The van der Waals surface area contributed by atoms with Crippen LogP contribution in [0.4, 0.5) is 4.39 Å². The van der Waals surface area contributed by atoms with E-state index in [4.69, 9.17) is 9.47 Å². The van der Waals surface area contributed by atoms with Gasteiger partial charge in [0.2, 0.25) is 0 Å². The van der Waals surface area contributed by atoms with Gasteiger partial charge < -0.3 is 14.4 Å². The van der Waals surface area contributed by atoms with Crippen molar-refractivity contribution in [1.82, 2.24) is 9.80 Å². The third-order valence-electron chi connectivity index (χ3n) is 7.50. The molecular formula is C27H33FN2O3. The van der Waals surface area contributed by atoms with Gasteiger partial charge in [0, 0.05) is 38.3 Å². The van der Waals surface area contributed by atoms with Crippen molar-refractivity contribution in [3.8, 4) is 0 Å². The first kappa shape index (κ1) is 22.5. The van der Waals surface area contributed by atoms with E-state index in [0.29, 0.717) is 0 Å². The van der Waals surface area contributed by atoms with E-state index in [9.17, 15) is 9.18 Å². The predicted molar refractivity (Wildman–Crippen MR) is 125 cm³/mol. The summed E-state index contributed by atoms with van der Waals surface area (Å²) in [6, 6.07) is 14.8. The quantitative estimate of drug-likeness (QED) is 0.690. The van der Waals surface area contributed by atoms with E-state index in [-0.39, 0.29) is 23.2 Å². The number of carbonyl (C=O) groups excluding carboxylic acids is 1. The number of piperidine rings is 1. The fourth-order valence-corrected chi connectivity index (χ4v) is 5.52. The summed E-state index contributed by atoms with van der Waals surface area (Å²) in [6.07, 6.45) is 3.79. The Labute approximate surface area is 195 Å². The molecule has 1 atom stereocenters. The summed E-state index contributed by atoms with van der Waals surface area (Å²) < 4.78 is 25.1. The summed E-state index contributed by atoms with van der Waals surface area (Å²) in [5, 5.41) is 0. The first-order chi connectivity index (χ1) is 16.1. The van der Waals surface area contributed by atoms with E-state index in [1.54, 1.807) is 12.1 Å². The van der Waals surface area contributed by atoms with Crippen LogP contribution in [-0.2, 0) is 22.4 Å². The lowest BCUT2D eigenvalue weighted by molar-refractivity contribution is 0.0337. The van der Waals surface area contributed by atoms with E-state index >= 15 is 0 Å². The maximum atomic E-state index is 13.5. The Balaban J connectivity index is 1.18. The van der Waals surface area contributed by atoms with Gasteiger partial charge in [0.15, 0.2) is 0 Å². The molecule has 3 aliphatic rings. The number of hydrogen-bond acceptors (Lipinski definition) is 4. The van der Waals surface area contributed by atoms with Crippen LogP contribution in [0.2, 0.25) is 0 Å². The van der Waals surface area contributed by atoms with E-state index < -0.39 is 0 Å². The van der Waals surface area contributed by atoms with E-state index in [1.807, 2.05) is 29.2 Å². The SMILES string of the molecule is O=C(c1ccccc1CN1CCOCC1)N1CCC2(CC1)COC(Cc1cccc(F)c1)C2. The summed E-state index contributed by atoms with van der Waals surface area (Å²) in [6.45, 7) is 6.39. The monoisotopic (exact) mass is 452 g/mol. The van der Waals surface area contributed by atoms with Gasteiger partial charge in [0.05, 0.1) is 25.9 Å². The molecule has 1 amide bonds. The van der Waals surface area contributed by atoms with Crippen LogP contribution in [-0.4, -0.2) is 67.8 Å². The highest BCUT2D eigenvalue weighted by Crippen LogP contribution is 2.43. The average Bonchev–Trinajstić information content (AvgIpc) is 3.22. The second-order valence-corrected chi connectivity index (χ2v) is 9.81. The first-order valence-electron chi connectivity index (χ1n) is 12.1. The number of halogens is 1. The molecule has 1 spiro atoms. The summed E-state index contributed by atoms with van der Waals surface area (Å²) >= 11 is 0. The van der Waals surface area contributed by atoms with Gasteiger partial charge in [-0.3, -0.25) is 9.69 Å². The molecule has 0 N–H and O–H groups in total. The van der Waals surface area contributed by atoms with Crippen LogP contribution in [0.1, 0.15) is 40.7 Å². The van der Waals surface area contributed by atoms with Crippen molar-refractivity contribution < 1.29 is 18.7 Å². The van der Waals surface area contributed by atoms with E-state index in [2.05, 4.69) is 11.0 Å². The number of amides is 1. The average molecular weight is 453 g/mol. The molecule has 5 rings (SSSR count). The predicted octanol–water partition coefficient (Wildman–Crippen LogP) is 3.91. The minimum atomic E-state index is -0.194. The first-order valence-corrected chi connectivity index (χ1v) is 12.1. The number of benzene rings is 2. The molecule has 5 nitrogen and oxygen atoms in total. The van der Waals surface area contributed by atoms with E-state index in [0.717, 1.165) is 94.9 Å². The van der Waals surface area contributed by atoms with Gasteiger partial charge in [-0.05, 0) is 60.4 Å². The Bertz CT molecular complexity index is 967. The molecule has 6 heteroatoms. The Morgan fingerprint density at radius 3 is 2.61 bits per heavy atom. The number of carbonyl (C=O) groups is 1. The molecule has 0 aromatic heterocycles. The number of likely N-dealkylation sites (tertiary alicyclic amines) is 1. The maximum absolute atomic E-state index is 13.5. The standard InChI is InChI=1S/C27H33FN2O3/c28-23-6-3-4-21(16-23)17-24-18-27(20-33-24)8-10-30(11-9-27)26(31)25-7-2-1-5-22(25)19-29-12-14-32-15-13-29/h1-7,16,24H,8-15,17-20H2. The van der Waals surface area contributed by atoms with Crippen LogP contribution in [0.3, 0.4) is 0 Å². The van der Waals surface area contributed by atoms with Crippen LogP contribution in [0.15, 0.2) is 48.5 Å². The second kappa shape index (κ2) is 9.92. The van der Waals surface area contributed by atoms with Gasteiger partial charge in [0.1, 0.15) is 5.82 Å². The van der Waals surface area contributed by atoms with Crippen LogP contribution >= 0.6 is 0 Å². The number of nitrogens with zero attached hydrogens (tertiary/aromatic N) is 2. The highest BCUT2D eigenvalue weighted by Gasteiger charge is 2.43. The van der Waals surface area contributed by atoms with Gasteiger partial charge in [-0.15, -0.1) is 0 Å². The van der Waals surface area contributed by atoms with Crippen molar-refractivity contribution in [2.75, 3.05) is 46.0 Å². The second-order valence-electron chi connectivity index (χ2n) is 9.81. The molecule has 0 saturated carbocycles. The summed E-state index contributed by atoms with van der Waals surface area (Å²) in [5.41, 5.74) is 3.06. The van der Waals surface area contributed by atoms with Gasteiger partial charge >= 0.3 is 0 Å². The van der Waals surface area contributed by atoms with Gasteiger partial charge in [-0.1, -0.05) is 30.3 Å². The molecule has 1 unspecified atom stereocenters. The minimum absolute atomic E-state index is 0.128. The molecule has 0 aliphatic carbocycles. The minimum Gasteiger partial charge on any atom is -0.379 e. The number of hydrogen-bond donors (Lipinski definition) is 0. The fourth-order valence-electron chi connectivity index (χ4n) is 5.52. The third-order valence-corrected chi connectivity index (χ3v) is 7.50. The zero-order valence-corrected chi connectivity index (χ0v) is 19.2. The maximum Gasteiger partial charge on any atom is 0.254 e. The Morgan fingerprint density at radius 1 is 1.03 bits per heavy atom. The normalized spacial score (nSPS) is 23.2. The molecule has 2 aromatic rings. The van der Waals surface area contributed by atoms with Crippen LogP contribution in [0.5, 0.6) is 0 Å². The van der Waals surface area contributed by atoms with Crippen molar-refractivity contribution in [3.63, 3.8) is 0 Å². The van der Waals surface area contributed by atoms with Crippen LogP contribution < -0.4 is 0 Å². The number of ether oxygens (including phenoxy) is 2. The molecule has 3 saturated heterocycles. The Kier molecular flexibility index (Phi) is 6.76. The molecule has 0 bridgehead atoms. The molecule has 33 heavy (non-hydrogen) atoms. The van der Waals surface area contributed by atoms with Gasteiger partial charge in [0.25, 0.3) is 5.91 Å². The molecule has 3 heterocycles. The summed E-state index contributed by atoms with van der Waals surface area (Å²) in [5.74, 6) is -0.0510. The molecular weight excluding hydrogens is 419 g/mol. The van der Waals surface area contributed by atoms with Gasteiger partial charge in [-0.25, -0.2) is 4.39 Å². The molecule has 3 fully saturated rings. The number of rotatable bonds is 5. The Hall–Kier alpha value is -2.28. The highest BCUT2D eigenvalue weighted by atomic mass is 19.1. The zero-order valence-electron chi connectivity index (χ0n) is 19.2. The molecule has 176 valence electrons. The van der Waals surface area contributed by atoms with Crippen LogP contribution in [0.25, 0.3) is 0 Å². The lowest BCUT2D eigenvalue weighted by Gasteiger charge is -2.39. The Morgan fingerprint density at radius 2 is 1.82 bits per heavy atom. The summed E-state index contributed by atoms with van der Waals surface area (Å²) in [4.78, 5) is 17.8. The lowest BCUT2D eigenvalue weighted by atomic mass is 9.76. The van der Waals surface area contributed by atoms with Gasteiger partial charge in [-0.2, -0.15) is 0 Å². The zero-order chi connectivity index (χ0) is 22.7. The largest absolute Gasteiger partial charge is 0.379 e. The lowest BCUT2D eigenvalue weighted by Crippen LogP contribution is -2.44. The summed E-state index contributed by atoms with van der Waals surface area (Å²) in [7, 11) is 0. The van der Waals surface area contributed by atoms with Crippen molar-refractivity contribution >= 4 is 5.91 Å². The smallest absolute Gasteiger partial charge is 0.254 e. The molecule has 0 radical (unpaired) electrons. The van der Waals surface area contributed by atoms with Crippen molar-refractivity contribution in [2.45, 2.75) is 38.3 Å². The highest BCUT2D eigenvalue weighted by molar-refractivity contribution is 5.95. The van der Waals surface area contributed by atoms with Crippen molar-refractivity contribution in [3.05, 3.63) is 71.0 Å². The molecule has 3 aliphatic heterocycles. The number of morpholine rings is 1. The van der Waals surface area contributed by atoms with Crippen molar-refractivity contribution in [2.24, 2.45) is 5.41 Å². The van der Waals surface area contributed by atoms with Crippen molar-refractivity contribution in [1.29, 1.82) is 0 Å². The van der Waals surface area contributed by atoms with Crippen LogP contribution in [0, 0.1) is 11.2 Å². The topological polar surface area (TPSA) is 42.0 Å². The third kappa shape index (κ3) is 5.29. The van der Waals surface area contributed by atoms with E-state index in [1.165, 1.54) is 6.07 Å². The molecule has 2 aromatic carbocycles. The fraction of sp³-hybridized carbons (Fsp3) is 0.519.